The number of hydrogen-bond donors (Lipinski definition) is 0. The monoisotopic (exact) mass is 232 g/mol. The molecule has 2 heteroatoms. The highest BCUT2D eigenvalue weighted by atomic mass is 16.1. The first-order chi connectivity index (χ1) is 7.98. The van der Waals surface area contributed by atoms with Gasteiger partial charge in [0, 0.05) is 0 Å². The van der Waals surface area contributed by atoms with E-state index in [-0.39, 0.29) is 17.3 Å². The summed E-state index contributed by atoms with van der Waals surface area (Å²) in [6.07, 6.45) is 6.14. The van der Waals surface area contributed by atoms with E-state index < -0.39 is 0 Å². The lowest BCUT2D eigenvalue weighted by atomic mass is 9.61. The Kier molecular flexibility index (Phi) is 4.22. The normalized spacial score (nSPS) is 32.5. The largest absolute Gasteiger partial charge is 0.298 e. The summed E-state index contributed by atoms with van der Waals surface area (Å²) in [5.41, 5.74) is 1.12. The fourth-order valence-electron chi connectivity index (χ4n) is 2.67. The Morgan fingerprint density at radius 3 is 2.29 bits per heavy atom. The van der Waals surface area contributed by atoms with Gasteiger partial charge in [0.1, 0.15) is 12.6 Å². The van der Waals surface area contributed by atoms with Gasteiger partial charge in [0.2, 0.25) is 0 Å². The van der Waals surface area contributed by atoms with Crippen molar-refractivity contribution in [2.24, 2.45) is 17.3 Å². The summed E-state index contributed by atoms with van der Waals surface area (Å²) in [4.78, 5) is 21.7. The van der Waals surface area contributed by atoms with Gasteiger partial charge in [0.15, 0.2) is 0 Å². The van der Waals surface area contributed by atoms with Crippen LogP contribution in [0.1, 0.15) is 26.2 Å². The van der Waals surface area contributed by atoms with E-state index in [4.69, 9.17) is 0 Å². The summed E-state index contributed by atoms with van der Waals surface area (Å²) in [7, 11) is 0. The highest BCUT2D eigenvalue weighted by molar-refractivity contribution is 5.74. The first kappa shape index (κ1) is 13.6. The summed E-state index contributed by atoms with van der Waals surface area (Å²) < 4.78 is 0. The second-order valence-electron chi connectivity index (χ2n) is 5.12. The van der Waals surface area contributed by atoms with Crippen molar-refractivity contribution in [1.82, 2.24) is 0 Å². The molecule has 0 aromatic heterocycles. The molecular formula is C15H20O2. The van der Waals surface area contributed by atoms with E-state index in [1.54, 1.807) is 0 Å². The Hall–Kier alpha value is -1.44. The molecule has 92 valence electrons. The van der Waals surface area contributed by atoms with Gasteiger partial charge in [0.05, 0.1) is 0 Å². The molecule has 2 nitrogen and oxygen atoms in total. The van der Waals surface area contributed by atoms with Gasteiger partial charge in [-0.1, -0.05) is 26.2 Å². The molecular weight excluding hydrogens is 212 g/mol. The van der Waals surface area contributed by atoms with E-state index in [2.05, 4.69) is 26.7 Å². The molecule has 0 radical (unpaired) electrons. The number of aldehydes is 2. The summed E-state index contributed by atoms with van der Waals surface area (Å²) in [6, 6.07) is 0. The van der Waals surface area contributed by atoms with Crippen LogP contribution in [0.15, 0.2) is 37.0 Å². The molecule has 1 aliphatic carbocycles. The molecule has 0 bridgehead atoms. The van der Waals surface area contributed by atoms with Gasteiger partial charge in [-0.05, 0) is 47.7 Å². The SMILES string of the molecule is C=C[C@]1(C)CC[C@@H](C(=C)C=O)C[C@H]1C(=C)C=O. The minimum absolute atomic E-state index is 0.0629. The van der Waals surface area contributed by atoms with Crippen molar-refractivity contribution in [2.45, 2.75) is 26.2 Å². The summed E-state index contributed by atoms with van der Waals surface area (Å²) in [5.74, 6) is 0.232. The minimum Gasteiger partial charge on any atom is -0.298 e. The molecule has 1 aliphatic rings. The molecule has 17 heavy (non-hydrogen) atoms. The van der Waals surface area contributed by atoms with E-state index in [0.717, 1.165) is 31.8 Å². The van der Waals surface area contributed by atoms with Crippen molar-refractivity contribution in [3.8, 4) is 0 Å². The predicted molar refractivity (Wildman–Crippen MR) is 69.5 cm³/mol. The van der Waals surface area contributed by atoms with Crippen LogP contribution >= 0.6 is 0 Å². The molecule has 1 rings (SSSR count). The zero-order valence-corrected chi connectivity index (χ0v) is 10.4. The quantitative estimate of drug-likeness (QED) is 0.414. The van der Waals surface area contributed by atoms with Crippen LogP contribution in [0.5, 0.6) is 0 Å². The van der Waals surface area contributed by atoms with Crippen molar-refractivity contribution in [2.75, 3.05) is 0 Å². The highest BCUT2D eigenvalue weighted by Gasteiger charge is 2.39. The molecule has 0 saturated heterocycles. The van der Waals surface area contributed by atoms with Crippen molar-refractivity contribution in [3.63, 3.8) is 0 Å². The Balaban J connectivity index is 2.95. The Morgan fingerprint density at radius 1 is 1.24 bits per heavy atom. The van der Waals surface area contributed by atoms with Crippen LogP contribution in [0.4, 0.5) is 0 Å². The highest BCUT2D eigenvalue weighted by Crippen LogP contribution is 2.48. The maximum absolute atomic E-state index is 10.9. The van der Waals surface area contributed by atoms with Crippen molar-refractivity contribution >= 4 is 12.6 Å². The standard InChI is InChI=1S/C15H20O2/c1-5-15(4)7-6-13(11(2)9-16)8-14(15)12(3)10-17/h5,9-10,13-14H,1-3,6-8H2,4H3/t13-,14+,15-/m1/s1. The van der Waals surface area contributed by atoms with E-state index in [1.807, 2.05) is 6.08 Å². The fraction of sp³-hybridized carbons (Fsp3) is 0.467. The van der Waals surface area contributed by atoms with Crippen molar-refractivity contribution in [1.29, 1.82) is 0 Å². The molecule has 0 aromatic rings. The lowest BCUT2D eigenvalue weighted by Crippen LogP contribution is -2.34. The number of carbonyl (C=O) groups excluding carboxylic acids is 2. The molecule has 0 unspecified atom stereocenters. The van der Waals surface area contributed by atoms with Crippen LogP contribution in [-0.2, 0) is 9.59 Å². The average Bonchev–Trinajstić information content (AvgIpc) is 2.37. The van der Waals surface area contributed by atoms with Gasteiger partial charge in [-0.15, -0.1) is 6.58 Å². The molecule has 3 atom stereocenters. The molecule has 0 N–H and O–H groups in total. The van der Waals surface area contributed by atoms with Crippen LogP contribution < -0.4 is 0 Å². The topological polar surface area (TPSA) is 34.1 Å². The number of allylic oxidation sites excluding steroid dienone is 3. The lowest BCUT2D eigenvalue weighted by molar-refractivity contribution is -0.105. The van der Waals surface area contributed by atoms with Gasteiger partial charge in [0.25, 0.3) is 0 Å². The van der Waals surface area contributed by atoms with Crippen LogP contribution in [0, 0.1) is 17.3 Å². The van der Waals surface area contributed by atoms with Crippen LogP contribution in [0.25, 0.3) is 0 Å². The Morgan fingerprint density at radius 2 is 1.82 bits per heavy atom. The maximum atomic E-state index is 10.9. The van der Waals surface area contributed by atoms with Gasteiger partial charge in [-0.25, -0.2) is 0 Å². The molecule has 0 aromatic carbocycles. The Labute approximate surface area is 103 Å². The molecule has 0 spiro atoms. The van der Waals surface area contributed by atoms with E-state index in [9.17, 15) is 9.59 Å². The van der Waals surface area contributed by atoms with E-state index in [1.165, 1.54) is 0 Å². The Bertz CT molecular complexity index is 367. The summed E-state index contributed by atoms with van der Waals surface area (Å²) in [6.45, 7) is 13.6. The maximum Gasteiger partial charge on any atom is 0.145 e. The van der Waals surface area contributed by atoms with Gasteiger partial charge < -0.3 is 0 Å². The molecule has 0 heterocycles. The number of carbonyl (C=O) groups is 2. The third-order valence-corrected chi connectivity index (χ3v) is 4.09. The first-order valence-electron chi connectivity index (χ1n) is 5.90. The zero-order chi connectivity index (χ0) is 13.1. The molecule has 0 aliphatic heterocycles. The smallest absolute Gasteiger partial charge is 0.145 e. The van der Waals surface area contributed by atoms with Crippen LogP contribution in [0.2, 0.25) is 0 Å². The summed E-state index contributed by atoms with van der Waals surface area (Å²) >= 11 is 0. The van der Waals surface area contributed by atoms with Crippen LogP contribution in [0.3, 0.4) is 0 Å². The molecule has 1 fully saturated rings. The van der Waals surface area contributed by atoms with Crippen molar-refractivity contribution < 1.29 is 9.59 Å². The second-order valence-corrected chi connectivity index (χ2v) is 5.12. The van der Waals surface area contributed by atoms with E-state index in [0.29, 0.717) is 11.1 Å². The molecule has 1 saturated carbocycles. The molecule has 0 amide bonds. The van der Waals surface area contributed by atoms with Gasteiger partial charge in [-0.2, -0.15) is 0 Å². The first-order valence-corrected chi connectivity index (χ1v) is 5.90. The van der Waals surface area contributed by atoms with Gasteiger partial charge >= 0.3 is 0 Å². The predicted octanol–water partition coefficient (Wildman–Crippen LogP) is 3.11. The van der Waals surface area contributed by atoms with Gasteiger partial charge in [-0.3, -0.25) is 9.59 Å². The third-order valence-electron chi connectivity index (χ3n) is 4.09. The minimum atomic E-state index is -0.0995. The van der Waals surface area contributed by atoms with E-state index >= 15 is 0 Å². The number of hydrogen-bond acceptors (Lipinski definition) is 2. The second kappa shape index (κ2) is 5.26. The average molecular weight is 232 g/mol. The van der Waals surface area contributed by atoms with Crippen LogP contribution in [-0.4, -0.2) is 12.6 Å². The summed E-state index contributed by atoms with van der Waals surface area (Å²) in [5, 5.41) is 0. The number of rotatable bonds is 5. The lowest BCUT2D eigenvalue weighted by Gasteiger charge is -2.42. The van der Waals surface area contributed by atoms with Crippen molar-refractivity contribution in [3.05, 3.63) is 37.0 Å². The zero-order valence-electron chi connectivity index (χ0n) is 10.4. The third kappa shape index (κ3) is 2.63. The fourth-order valence-corrected chi connectivity index (χ4v) is 2.67.